The lowest BCUT2D eigenvalue weighted by Gasteiger charge is -2.27. The van der Waals surface area contributed by atoms with Crippen molar-refractivity contribution in [1.29, 1.82) is 0 Å². The second-order valence-electron chi connectivity index (χ2n) is 9.09. The largest absolute Gasteiger partial charge is 0.353 e. The molecule has 232 valence electrons. The Labute approximate surface area is 249 Å². The van der Waals surface area contributed by atoms with Crippen LogP contribution in [0.3, 0.4) is 0 Å². The molecule has 0 aliphatic heterocycles. The fraction of sp³-hybridized carbons (Fsp3) is 0.467. The van der Waals surface area contributed by atoms with E-state index in [2.05, 4.69) is 48.8 Å². The Hall–Kier alpha value is -4.48. The van der Waals surface area contributed by atoms with E-state index in [4.69, 9.17) is 0 Å². The predicted molar refractivity (Wildman–Crippen MR) is 163 cm³/mol. The smallest absolute Gasteiger partial charge is 0.245 e. The molecule has 0 spiro atoms. The summed E-state index contributed by atoms with van der Waals surface area (Å²) in [6, 6.07) is 0. The minimum atomic E-state index is -0.331. The molecule has 0 aliphatic rings. The van der Waals surface area contributed by atoms with E-state index in [0.717, 1.165) is 0 Å². The zero-order valence-electron chi connectivity index (χ0n) is 24.6. The predicted octanol–water partition coefficient (Wildman–Crippen LogP) is 0.701. The van der Waals surface area contributed by atoms with Crippen LogP contribution in [0, 0.1) is 0 Å². The Morgan fingerprint density at radius 2 is 0.786 bits per heavy atom. The van der Waals surface area contributed by atoms with E-state index in [9.17, 15) is 28.8 Å². The Bertz CT molecular complexity index is 951. The molecular formula is C30H46N6O6. The molecule has 0 aromatic heterocycles. The van der Waals surface area contributed by atoms with Crippen molar-refractivity contribution >= 4 is 35.4 Å². The van der Waals surface area contributed by atoms with Crippen molar-refractivity contribution in [2.75, 3.05) is 58.9 Å². The normalized spacial score (nSPS) is 9.90. The summed E-state index contributed by atoms with van der Waals surface area (Å²) >= 11 is 0. The van der Waals surface area contributed by atoms with E-state index in [0.29, 0.717) is 78.0 Å². The summed E-state index contributed by atoms with van der Waals surface area (Å²) in [6.45, 7) is 20.4. The third-order valence-corrected chi connectivity index (χ3v) is 6.05. The Morgan fingerprint density at radius 3 is 1.14 bits per heavy atom. The van der Waals surface area contributed by atoms with Crippen molar-refractivity contribution in [1.82, 2.24) is 30.7 Å². The number of hydrogen-bond donors (Lipinski definition) is 3. The van der Waals surface area contributed by atoms with Crippen molar-refractivity contribution in [3.63, 3.8) is 0 Å². The van der Waals surface area contributed by atoms with Gasteiger partial charge in [-0.2, -0.15) is 0 Å². The van der Waals surface area contributed by atoms with Gasteiger partial charge in [0.15, 0.2) is 0 Å². The number of carbonyl (C=O) groups excluding carboxylic acids is 6. The van der Waals surface area contributed by atoms with Crippen LogP contribution in [-0.4, -0.2) is 109 Å². The van der Waals surface area contributed by atoms with Gasteiger partial charge in [-0.3, -0.25) is 28.8 Å². The molecule has 0 saturated heterocycles. The van der Waals surface area contributed by atoms with Gasteiger partial charge in [0.1, 0.15) is 0 Å². The summed E-state index contributed by atoms with van der Waals surface area (Å²) in [5, 5.41) is 8.01. The molecule has 0 rings (SSSR count). The molecule has 0 atom stereocenters. The quantitative estimate of drug-likeness (QED) is 0.112. The van der Waals surface area contributed by atoms with Crippen LogP contribution in [0.2, 0.25) is 0 Å². The molecule has 0 aromatic carbocycles. The van der Waals surface area contributed by atoms with Gasteiger partial charge < -0.3 is 30.7 Å². The van der Waals surface area contributed by atoms with Gasteiger partial charge in [-0.1, -0.05) is 32.9 Å². The lowest BCUT2D eigenvalue weighted by atomic mass is 10.2. The summed E-state index contributed by atoms with van der Waals surface area (Å²) in [4.78, 5) is 76.8. The average molecular weight is 587 g/mol. The molecule has 12 nitrogen and oxygen atoms in total. The highest BCUT2D eigenvalue weighted by atomic mass is 16.2. The van der Waals surface area contributed by atoms with E-state index in [1.807, 2.05) is 0 Å². The van der Waals surface area contributed by atoms with E-state index in [-0.39, 0.29) is 48.4 Å². The maximum absolute atomic E-state index is 13.1. The number of rotatable bonds is 24. The van der Waals surface area contributed by atoms with E-state index < -0.39 is 0 Å². The molecule has 3 N–H and O–H groups in total. The van der Waals surface area contributed by atoms with Gasteiger partial charge in [-0.05, 0) is 56.1 Å². The van der Waals surface area contributed by atoms with E-state index in [1.165, 1.54) is 35.3 Å². The van der Waals surface area contributed by atoms with Gasteiger partial charge in [-0.25, -0.2) is 0 Å². The van der Waals surface area contributed by atoms with Crippen LogP contribution in [0.25, 0.3) is 0 Å². The third-order valence-electron chi connectivity index (χ3n) is 6.05. The third kappa shape index (κ3) is 17.3. The maximum atomic E-state index is 13.1. The first-order valence-corrected chi connectivity index (χ1v) is 13.9. The molecule has 0 aliphatic carbocycles. The molecule has 0 saturated carbocycles. The first-order valence-electron chi connectivity index (χ1n) is 13.9. The van der Waals surface area contributed by atoms with Crippen LogP contribution in [0.1, 0.15) is 32.1 Å². The number of carbonyl (C=O) groups is 6. The Kier molecular flexibility index (Phi) is 20.8. The van der Waals surface area contributed by atoms with Crippen molar-refractivity contribution in [2.24, 2.45) is 0 Å². The molecule has 0 bridgehead atoms. The molecular weight excluding hydrogens is 540 g/mol. The SMILES string of the molecule is C=CC(=O)NCCCN(CCCN(CCC(=O)N(CCCNC(=O)C=C)CCCNC(=O)C=C)C(=O)C=C)C(=O)C=C. The Balaban J connectivity index is 5.07. The molecule has 0 unspecified atom stereocenters. The molecule has 6 amide bonds. The molecule has 12 heteroatoms. The standard InChI is InChI=1S/C30H46N6O6/c1-6-25(37)31-16-11-19-34(28(40)9-4)22-14-23-36(29(41)10-5)24-15-30(42)35(20-12-17-32-26(38)7-2)21-13-18-33-27(39)8-3/h6-10H,1-5,11-24H2,(H,31,37)(H,32,38)(H,33,39). The summed E-state index contributed by atoms with van der Waals surface area (Å²) in [5.74, 6) is -1.65. The number of nitrogens with one attached hydrogen (secondary N) is 3. The number of hydrogen-bond acceptors (Lipinski definition) is 6. The summed E-state index contributed by atoms with van der Waals surface area (Å²) in [5.41, 5.74) is 0. The first kappa shape index (κ1) is 37.5. The highest BCUT2D eigenvalue weighted by Gasteiger charge is 2.18. The van der Waals surface area contributed by atoms with Crippen LogP contribution in [0.5, 0.6) is 0 Å². The second-order valence-corrected chi connectivity index (χ2v) is 9.09. The average Bonchev–Trinajstić information content (AvgIpc) is 3.00. The minimum Gasteiger partial charge on any atom is -0.353 e. The first-order chi connectivity index (χ1) is 20.1. The lowest BCUT2D eigenvalue weighted by Crippen LogP contribution is -2.40. The molecule has 0 aromatic rings. The van der Waals surface area contributed by atoms with Gasteiger partial charge in [0.2, 0.25) is 35.4 Å². The Morgan fingerprint density at radius 1 is 0.452 bits per heavy atom. The lowest BCUT2D eigenvalue weighted by molar-refractivity contribution is -0.133. The van der Waals surface area contributed by atoms with Crippen molar-refractivity contribution in [2.45, 2.75) is 32.1 Å². The molecule has 0 fully saturated rings. The van der Waals surface area contributed by atoms with E-state index >= 15 is 0 Å². The minimum absolute atomic E-state index is 0.0654. The number of amides is 6. The topological polar surface area (TPSA) is 148 Å². The highest BCUT2D eigenvalue weighted by molar-refractivity contribution is 5.88. The van der Waals surface area contributed by atoms with Gasteiger partial charge >= 0.3 is 0 Å². The molecule has 0 radical (unpaired) electrons. The van der Waals surface area contributed by atoms with E-state index in [1.54, 1.807) is 9.80 Å². The second kappa shape index (κ2) is 23.2. The molecule has 42 heavy (non-hydrogen) atoms. The van der Waals surface area contributed by atoms with Crippen molar-refractivity contribution in [3.8, 4) is 0 Å². The van der Waals surface area contributed by atoms with Crippen LogP contribution in [-0.2, 0) is 28.8 Å². The van der Waals surface area contributed by atoms with Gasteiger partial charge in [0, 0.05) is 65.3 Å². The van der Waals surface area contributed by atoms with Gasteiger partial charge in [-0.15, -0.1) is 0 Å². The van der Waals surface area contributed by atoms with Crippen molar-refractivity contribution < 1.29 is 28.8 Å². The van der Waals surface area contributed by atoms with Crippen LogP contribution in [0.15, 0.2) is 63.3 Å². The summed E-state index contributed by atoms with van der Waals surface area (Å²) in [7, 11) is 0. The van der Waals surface area contributed by atoms with Crippen LogP contribution in [0.4, 0.5) is 0 Å². The maximum Gasteiger partial charge on any atom is 0.245 e. The summed E-state index contributed by atoms with van der Waals surface area (Å²) < 4.78 is 0. The zero-order valence-corrected chi connectivity index (χ0v) is 24.6. The van der Waals surface area contributed by atoms with Gasteiger partial charge in [0.25, 0.3) is 0 Å². The molecule has 0 heterocycles. The number of nitrogens with zero attached hydrogens (tertiary/aromatic N) is 3. The fourth-order valence-corrected chi connectivity index (χ4v) is 3.79. The fourth-order valence-electron chi connectivity index (χ4n) is 3.79. The monoisotopic (exact) mass is 586 g/mol. The summed E-state index contributed by atoms with van der Waals surface area (Å²) in [6.07, 6.45) is 8.02. The highest BCUT2D eigenvalue weighted by Crippen LogP contribution is 2.05. The zero-order chi connectivity index (χ0) is 31.8. The van der Waals surface area contributed by atoms with Crippen LogP contribution < -0.4 is 16.0 Å². The van der Waals surface area contributed by atoms with Crippen molar-refractivity contribution in [3.05, 3.63) is 63.3 Å². The van der Waals surface area contributed by atoms with Gasteiger partial charge in [0.05, 0.1) is 0 Å². The van der Waals surface area contributed by atoms with Crippen LogP contribution >= 0.6 is 0 Å².